The Balaban J connectivity index is 2.80. The molecule has 1 heterocycles. The van der Waals surface area contributed by atoms with E-state index in [0.29, 0.717) is 11.6 Å². The molecular formula is C11H15N3. The van der Waals surface area contributed by atoms with E-state index >= 15 is 0 Å². The number of hydrogen-bond acceptors (Lipinski definition) is 3. The third-order valence-electron chi connectivity index (χ3n) is 1.88. The molecule has 0 bridgehead atoms. The fourth-order valence-corrected chi connectivity index (χ4v) is 1.34. The van der Waals surface area contributed by atoms with Crippen LogP contribution in [0.2, 0.25) is 0 Å². The molecule has 0 radical (unpaired) electrons. The number of pyridine rings is 1. The van der Waals surface area contributed by atoms with Gasteiger partial charge in [0, 0.05) is 13.6 Å². The fourth-order valence-electron chi connectivity index (χ4n) is 1.34. The number of aromatic nitrogens is 1. The summed E-state index contributed by atoms with van der Waals surface area (Å²) in [7, 11) is 1.99. The van der Waals surface area contributed by atoms with Crippen LogP contribution in [0.15, 0.2) is 18.2 Å². The van der Waals surface area contributed by atoms with Crippen LogP contribution in [0.3, 0.4) is 0 Å². The molecule has 3 nitrogen and oxygen atoms in total. The lowest BCUT2D eigenvalue weighted by Gasteiger charge is -2.20. The monoisotopic (exact) mass is 189 g/mol. The lowest BCUT2D eigenvalue weighted by atomic mass is 10.2. The second-order valence-electron chi connectivity index (χ2n) is 3.77. The van der Waals surface area contributed by atoms with Gasteiger partial charge in [-0.15, -0.1) is 0 Å². The zero-order valence-corrected chi connectivity index (χ0v) is 8.86. The number of anilines is 1. The normalized spacial score (nSPS) is 9.93. The molecule has 0 aliphatic carbocycles. The van der Waals surface area contributed by atoms with Gasteiger partial charge in [-0.3, -0.25) is 0 Å². The molecule has 0 fully saturated rings. The number of hydrogen-bond donors (Lipinski definition) is 0. The van der Waals surface area contributed by atoms with Crippen molar-refractivity contribution < 1.29 is 0 Å². The van der Waals surface area contributed by atoms with Crippen LogP contribution in [0.4, 0.5) is 5.82 Å². The maximum absolute atomic E-state index is 8.69. The molecule has 0 aromatic carbocycles. The Labute approximate surface area is 85.0 Å². The molecule has 1 aromatic heterocycles. The fraction of sp³-hybridized carbons (Fsp3) is 0.455. The quantitative estimate of drug-likeness (QED) is 0.730. The molecule has 3 heteroatoms. The second-order valence-corrected chi connectivity index (χ2v) is 3.77. The molecule has 0 N–H and O–H groups in total. The van der Waals surface area contributed by atoms with Gasteiger partial charge >= 0.3 is 0 Å². The third kappa shape index (κ3) is 2.74. The molecule has 0 aliphatic heterocycles. The summed E-state index contributed by atoms with van der Waals surface area (Å²) in [5.74, 6) is 1.45. The zero-order chi connectivity index (χ0) is 10.6. The van der Waals surface area contributed by atoms with E-state index in [2.05, 4.69) is 23.7 Å². The number of rotatable bonds is 3. The summed E-state index contributed by atoms with van der Waals surface area (Å²) in [6.45, 7) is 5.26. The average Bonchev–Trinajstić information content (AvgIpc) is 2.17. The smallest absolute Gasteiger partial charge is 0.142 e. The lowest BCUT2D eigenvalue weighted by molar-refractivity contribution is 0.634. The molecule has 0 spiro atoms. The molecule has 0 saturated carbocycles. The molecular weight excluding hydrogens is 174 g/mol. The molecule has 0 atom stereocenters. The summed E-state index contributed by atoms with van der Waals surface area (Å²) < 4.78 is 0. The van der Waals surface area contributed by atoms with Gasteiger partial charge in [0.1, 0.15) is 17.6 Å². The van der Waals surface area contributed by atoms with E-state index in [4.69, 9.17) is 5.26 Å². The van der Waals surface area contributed by atoms with Crippen molar-refractivity contribution in [1.82, 2.24) is 4.98 Å². The van der Waals surface area contributed by atoms with E-state index in [-0.39, 0.29) is 0 Å². The standard InChI is InChI=1S/C11H15N3/c1-9(2)8-14(3)11-6-4-5-10(7-12)13-11/h4-6,9H,8H2,1-3H3. The first-order chi connectivity index (χ1) is 6.63. The van der Waals surface area contributed by atoms with Crippen molar-refractivity contribution in [2.45, 2.75) is 13.8 Å². The summed E-state index contributed by atoms with van der Waals surface area (Å²) in [6.07, 6.45) is 0. The first-order valence-corrected chi connectivity index (χ1v) is 4.71. The third-order valence-corrected chi connectivity index (χ3v) is 1.88. The molecule has 1 aromatic rings. The highest BCUT2D eigenvalue weighted by Crippen LogP contribution is 2.10. The van der Waals surface area contributed by atoms with E-state index in [0.717, 1.165) is 12.4 Å². The summed E-state index contributed by atoms with van der Waals surface area (Å²) in [5.41, 5.74) is 0.470. The van der Waals surface area contributed by atoms with Crippen LogP contribution in [0.25, 0.3) is 0 Å². The van der Waals surface area contributed by atoms with Gasteiger partial charge < -0.3 is 4.90 Å². The van der Waals surface area contributed by atoms with Crippen LogP contribution in [-0.4, -0.2) is 18.6 Å². The largest absolute Gasteiger partial charge is 0.359 e. The average molecular weight is 189 g/mol. The Morgan fingerprint density at radius 3 is 2.79 bits per heavy atom. The van der Waals surface area contributed by atoms with Crippen molar-refractivity contribution >= 4 is 5.82 Å². The van der Waals surface area contributed by atoms with Crippen molar-refractivity contribution in [2.75, 3.05) is 18.5 Å². The maximum Gasteiger partial charge on any atom is 0.142 e. The predicted molar refractivity (Wildman–Crippen MR) is 57.1 cm³/mol. The molecule has 0 unspecified atom stereocenters. The van der Waals surface area contributed by atoms with Crippen LogP contribution in [0.5, 0.6) is 0 Å². The number of nitriles is 1. The Hall–Kier alpha value is -1.56. The molecule has 0 aliphatic rings. The van der Waals surface area contributed by atoms with Gasteiger partial charge in [-0.2, -0.15) is 5.26 Å². The first kappa shape index (κ1) is 10.5. The van der Waals surface area contributed by atoms with E-state index in [1.165, 1.54) is 0 Å². The van der Waals surface area contributed by atoms with Gasteiger partial charge in [0.2, 0.25) is 0 Å². The first-order valence-electron chi connectivity index (χ1n) is 4.71. The van der Waals surface area contributed by atoms with E-state index in [9.17, 15) is 0 Å². The summed E-state index contributed by atoms with van der Waals surface area (Å²) in [6, 6.07) is 7.53. The van der Waals surface area contributed by atoms with Gasteiger partial charge in [-0.1, -0.05) is 19.9 Å². The zero-order valence-electron chi connectivity index (χ0n) is 8.86. The van der Waals surface area contributed by atoms with Gasteiger partial charge in [-0.25, -0.2) is 4.98 Å². The van der Waals surface area contributed by atoms with Gasteiger partial charge in [-0.05, 0) is 18.1 Å². The van der Waals surface area contributed by atoms with Crippen LogP contribution in [0.1, 0.15) is 19.5 Å². The molecule has 1 rings (SSSR count). The van der Waals surface area contributed by atoms with Crippen molar-refractivity contribution in [3.63, 3.8) is 0 Å². The van der Waals surface area contributed by atoms with Gasteiger partial charge in [0.25, 0.3) is 0 Å². The Kier molecular flexibility index (Phi) is 3.47. The highest BCUT2D eigenvalue weighted by Gasteiger charge is 2.04. The Morgan fingerprint density at radius 2 is 2.21 bits per heavy atom. The Bertz CT molecular complexity index is 339. The van der Waals surface area contributed by atoms with Crippen molar-refractivity contribution in [3.05, 3.63) is 23.9 Å². The Morgan fingerprint density at radius 1 is 1.50 bits per heavy atom. The highest BCUT2D eigenvalue weighted by molar-refractivity contribution is 5.40. The molecule has 0 amide bonds. The topological polar surface area (TPSA) is 39.9 Å². The SMILES string of the molecule is CC(C)CN(C)c1cccc(C#N)n1. The predicted octanol–water partition coefficient (Wildman–Crippen LogP) is 2.05. The lowest BCUT2D eigenvalue weighted by Crippen LogP contribution is -2.23. The van der Waals surface area contributed by atoms with Gasteiger partial charge in [0.05, 0.1) is 0 Å². The summed E-state index contributed by atoms with van der Waals surface area (Å²) in [4.78, 5) is 6.27. The maximum atomic E-state index is 8.69. The van der Waals surface area contributed by atoms with E-state index in [1.54, 1.807) is 6.07 Å². The minimum atomic E-state index is 0.470. The van der Waals surface area contributed by atoms with E-state index in [1.807, 2.05) is 25.2 Å². The summed E-state index contributed by atoms with van der Waals surface area (Å²) in [5, 5.41) is 8.69. The van der Waals surface area contributed by atoms with Crippen LogP contribution in [-0.2, 0) is 0 Å². The van der Waals surface area contributed by atoms with E-state index < -0.39 is 0 Å². The second kappa shape index (κ2) is 4.61. The van der Waals surface area contributed by atoms with Gasteiger partial charge in [0.15, 0.2) is 0 Å². The van der Waals surface area contributed by atoms with Crippen LogP contribution < -0.4 is 4.90 Å². The molecule has 14 heavy (non-hydrogen) atoms. The van der Waals surface area contributed by atoms with Crippen molar-refractivity contribution in [2.24, 2.45) is 5.92 Å². The minimum Gasteiger partial charge on any atom is -0.359 e. The van der Waals surface area contributed by atoms with Crippen LogP contribution >= 0.6 is 0 Å². The van der Waals surface area contributed by atoms with Crippen LogP contribution in [0, 0.1) is 17.2 Å². The summed E-state index contributed by atoms with van der Waals surface area (Å²) >= 11 is 0. The van der Waals surface area contributed by atoms with Crippen molar-refractivity contribution in [3.8, 4) is 6.07 Å². The molecule has 74 valence electrons. The highest BCUT2D eigenvalue weighted by atomic mass is 15.2. The minimum absolute atomic E-state index is 0.470. The van der Waals surface area contributed by atoms with Crippen molar-refractivity contribution in [1.29, 1.82) is 5.26 Å². The number of nitrogens with zero attached hydrogens (tertiary/aromatic N) is 3. The molecule has 0 saturated heterocycles.